The second-order valence-corrected chi connectivity index (χ2v) is 9.48. The van der Waals surface area contributed by atoms with E-state index in [1.54, 1.807) is 13.8 Å². The van der Waals surface area contributed by atoms with E-state index in [9.17, 15) is 9.90 Å². The third-order valence-corrected chi connectivity index (χ3v) is 5.97. The van der Waals surface area contributed by atoms with Gasteiger partial charge >= 0.3 is 7.12 Å². The zero-order valence-corrected chi connectivity index (χ0v) is 18.3. The van der Waals surface area contributed by atoms with Crippen molar-refractivity contribution in [3.05, 3.63) is 65.2 Å². The number of carbonyl (C=O) groups is 1. The normalized spacial score (nSPS) is 18.1. The van der Waals surface area contributed by atoms with E-state index in [1.165, 1.54) is 0 Å². The average Bonchev–Trinajstić information content (AvgIpc) is 2.83. The Morgan fingerprint density at radius 1 is 0.862 bits per heavy atom. The first-order chi connectivity index (χ1) is 13.4. The van der Waals surface area contributed by atoms with E-state index in [0.29, 0.717) is 12.8 Å². The summed E-state index contributed by atoms with van der Waals surface area (Å²) in [5.74, 6) is 0.157. The minimum absolute atomic E-state index is 0.157. The molecule has 1 aliphatic rings. The Morgan fingerprint density at radius 3 is 1.69 bits per heavy atom. The van der Waals surface area contributed by atoms with Crippen LogP contribution in [0.5, 0.6) is 0 Å². The lowest BCUT2D eigenvalue weighted by Gasteiger charge is -2.32. The number of hydrogen-bond acceptors (Lipinski definition) is 4. The number of benzene rings is 2. The van der Waals surface area contributed by atoms with Crippen molar-refractivity contribution in [1.29, 1.82) is 0 Å². The quantitative estimate of drug-likeness (QED) is 0.762. The first kappa shape index (κ1) is 21.8. The fraction of sp³-hybridized carbons (Fsp3) is 0.458. The third kappa shape index (κ3) is 4.97. The molecule has 2 aromatic rings. The van der Waals surface area contributed by atoms with E-state index >= 15 is 0 Å². The summed E-state index contributed by atoms with van der Waals surface area (Å²) in [5, 5.41) is 10.0. The molecule has 0 unspecified atom stereocenters. The first-order valence-electron chi connectivity index (χ1n) is 10.2. The number of aliphatic hydroxyl groups is 1. The van der Waals surface area contributed by atoms with E-state index in [2.05, 4.69) is 0 Å². The summed E-state index contributed by atoms with van der Waals surface area (Å²) in [5.41, 5.74) is 2.12. The molecule has 0 amide bonds. The fourth-order valence-corrected chi connectivity index (χ4v) is 3.32. The summed E-state index contributed by atoms with van der Waals surface area (Å²) in [6.45, 7) is 11.6. The molecule has 1 aliphatic heterocycles. The summed E-state index contributed by atoms with van der Waals surface area (Å²) >= 11 is 0. The van der Waals surface area contributed by atoms with E-state index < -0.39 is 5.60 Å². The van der Waals surface area contributed by atoms with Crippen LogP contribution in [-0.2, 0) is 32.5 Å². The Kier molecular flexibility index (Phi) is 5.79. The van der Waals surface area contributed by atoms with Crippen molar-refractivity contribution in [1.82, 2.24) is 0 Å². The molecule has 4 nitrogen and oxygen atoms in total. The van der Waals surface area contributed by atoms with Crippen molar-refractivity contribution in [3.8, 4) is 0 Å². The van der Waals surface area contributed by atoms with Crippen LogP contribution in [0.3, 0.4) is 0 Å². The van der Waals surface area contributed by atoms with Gasteiger partial charge in [0.2, 0.25) is 0 Å². The second kappa shape index (κ2) is 7.71. The molecule has 29 heavy (non-hydrogen) atoms. The predicted molar refractivity (Wildman–Crippen MR) is 116 cm³/mol. The Balaban J connectivity index is 1.59. The van der Waals surface area contributed by atoms with Gasteiger partial charge in [-0.25, -0.2) is 0 Å². The Morgan fingerprint density at radius 2 is 1.28 bits per heavy atom. The van der Waals surface area contributed by atoms with Gasteiger partial charge in [0.1, 0.15) is 5.78 Å². The van der Waals surface area contributed by atoms with Crippen LogP contribution in [0.15, 0.2) is 48.5 Å². The van der Waals surface area contributed by atoms with E-state index in [0.717, 1.165) is 22.2 Å². The molecule has 3 rings (SSSR count). The van der Waals surface area contributed by atoms with E-state index in [-0.39, 0.29) is 24.1 Å². The highest BCUT2D eigenvalue weighted by Gasteiger charge is 2.51. The topological polar surface area (TPSA) is 55.8 Å². The molecule has 0 atom stereocenters. The van der Waals surface area contributed by atoms with Crippen molar-refractivity contribution >= 4 is 18.4 Å². The number of rotatable bonds is 6. The summed E-state index contributed by atoms with van der Waals surface area (Å²) in [6.07, 6.45) is 0.766. The molecule has 5 heteroatoms. The summed E-state index contributed by atoms with van der Waals surface area (Å²) in [6, 6.07) is 15.5. The SMILES string of the molecule is CC(C)(O)c1ccc(CC(=O)Cc2ccc(B3OC(C)(C)C(C)(C)O3)cc2)cc1. The largest absolute Gasteiger partial charge is 0.494 e. The van der Waals surface area contributed by atoms with Crippen LogP contribution in [0.25, 0.3) is 0 Å². The highest BCUT2D eigenvalue weighted by molar-refractivity contribution is 6.62. The molecule has 1 heterocycles. The van der Waals surface area contributed by atoms with Crippen LogP contribution in [-0.4, -0.2) is 29.2 Å². The molecule has 1 N–H and O–H groups in total. The molecular weight excluding hydrogens is 363 g/mol. The van der Waals surface area contributed by atoms with Gasteiger partial charge in [0, 0.05) is 12.8 Å². The smallest absolute Gasteiger partial charge is 0.399 e. The van der Waals surface area contributed by atoms with Crippen LogP contribution in [0.1, 0.15) is 58.2 Å². The van der Waals surface area contributed by atoms with Gasteiger partial charge in [0.05, 0.1) is 16.8 Å². The zero-order chi connectivity index (χ0) is 21.4. The van der Waals surface area contributed by atoms with Crippen LogP contribution < -0.4 is 5.46 Å². The van der Waals surface area contributed by atoms with Crippen molar-refractivity contribution in [2.75, 3.05) is 0 Å². The summed E-state index contributed by atoms with van der Waals surface area (Å²) in [7, 11) is -0.390. The standard InChI is InChI=1S/C24H31BO4/c1-22(2,27)19-11-7-17(8-12-19)15-21(26)16-18-9-13-20(14-10-18)25-28-23(3,4)24(5,6)29-25/h7-14,27H,15-16H2,1-6H3. The third-order valence-electron chi connectivity index (χ3n) is 5.97. The maximum absolute atomic E-state index is 12.5. The molecular formula is C24H31BO4. The van der Waals surface area contributed by atoms with Gasteiger partial charge in [-0.15, -0.1) is 0 Å². The summed E-state index contributed by atoms with van der Waals surface area (Å²) in [4.78, 5) is 12.5. The Hall–Kier alpha value is -1.95. The minimum atomic E-state index is -0.874. The second-order valence-electron chi connectivity index (χ2n) is 9.48. The van der Waals surface area contributed by atoms with Crippen LogP contribution in [0, 0.1) is 0 Å². The van der Waals surface area contributed by atoms with Crippen molar-refractivity contribution in [2.45, 2.75) is 71.2 Å². The van der Waals surface area contributed by atoms with Crippen molar-refractivity contribution in [3.63, 3.8) is 0 Å². The molecule has 2 aromatic carbocycles. The number of ketones is 1. The van der Waals surface area contributed by atoms with Crippen LogP contribution in [0.4, 0.5) is 0 Å². The lowest BCUT2D eigenvalue weighted by molar-refractivity contribution is -0.117. The van der Waals surface area contributed by atoms with Gasteiger partial charge in [-0.3, -0.25) is 4.79 Å². The van der Waals surface area contributed by atoms with E-state index in [1.807, 2.05) is 76.2 Å². The molecule has 0 radical (unpaired) electrons. The van der Waals surface area contributed by atoms with Crippen LogP contribution >= 0.6 is 0 Å². The number of carbonyl (C=O) groups excluding carboxylic acids is 1. The number of hydrogen-bond donors (Lipinski definition) is 1. The zero-order valence-electron chi connectivity index (χ0n) is 18.3. The van der Waals surface area contributed by atoms with Crippen LogP contribution in [0.2, 0.25) is 0 Å². The van der Waals surface area contributed by atoms with Crippen molar-refractivity contribution in [2.24, 2.45) is 0 Å². The number of Topliss-reactive ketones (excluding diaryl/α,β-unsaturated/α-hetero) is 1. The highest BCUT2D eigenvalue weighted by atomic mass is 16.7. The molecule has 0 aromatic heterocycles. The molecule has 1 fully saturated rings. The van der Waals surface area contributed by atoms with Gasteiger partial charge in [0.15, 0.2) is 0 Å². The maximum atomic E-state index is 12.5. The van der Waals surface area contributed by atoms with Gasteiger partial charge < -0.3 is 14.4 Å². The highest BCUT2D eigenvalue weighted by Crippen LogP contribution is 2.36. The maximum Gasteiger partial charge on any atom is 0.494 e. The van der Waals surface area contributed by atoms with E-state index in [4.69, 9.17) is 9.31 Å². The minimum Gasteiger partial charge on any atom is -0.399 e. The average molecular weight is 394 g/mol. The van der Waals surface area contributed by atoms with Gasteiger partial charge in [-0.2, -0.15) is 0 Å². The lowest BCUT2D eigenvalue weighted by atomic mass is 9.78. The molecule has 154 valence electrons. The van der Waals surface area contributed by atoms with Gasteiger partial charge in [-0.1, -0.05) is 48.5 Å². The summed E-state index contributed by atoms with van der Waals surface area (Å²) < 4.78 is 12.2. The Labute approximate surface area is 174 Å². The first-order valence-corrected chi connectivity index (χ1v) is 10.2. The molecule has 0 bridgehead atoms. The van der Waals surface area contributed by atoms with Gasteiger partial charge in [0.25, 0.3) is 0 Å². The molecule has 0 saturated carbocycles. The lowest BCUT2D eigenvalue weighted by Crippen LogP contribution is -2.41. The fourth-order valence-electron chi connectivity index (χ4n) is 3.32. The molecule has 0 spiro atoms. The van der Waals surface area contributed by atoms with Gasteiger partial charge in [-0.05, 0) is 63.7 Å². The predicted octanol–water partition coefficient (Wildman–Crippen LogP) is 3.57. The molecule has 1 saturated heterocycles. The molecule has 0 aliphatic carbocycles. The Bertz CT molecular complexity index is 845. The van der Waals surface area contributed by atoms with Crippen molar-refractivity contribution < 1.29 is 19.2 Å². The monoisotopic (exact) mass is 394 g/mol.